The lowest BCUT2D eigenvalue weighted by Crippen LogP contribution is -2.06. The molecule has 0 saturated heterocycles. The Balaban J connectivity index is 1.85. The Morgan fingerprint density at radius 3 is 2.89 bits per heavy atom. The highest BCUT2D eigenvalue weighted by molar-refractivity contribution is 5.80. The van der Waals surface area contributed by atoms with Crippen molar-refractivity contribution in [1.29, 1.82) is 0 Å². The van der Waals surface area contributed by atoms with E-state index in [1.54, 1.807) is 0 Å². The van der Waals surface area contributed by atoms with Gasteiger partial charge in [0.1, 0.15) is 11.5 Å². The third-order valence-corrected chi connectivity index (χ3v) is 3.05. The maximum absolute atomic E-state index is 5.75. The highest BCUT2D eigenvalue weighted by atomic mass is 16.3. The number of H-pyrrole nitrogens is 1. The molecule has 0 spiro atoms. The van der Waals surface area contributed by atoms with Gasteiger partial charge >= 0.3 is 0 Å². The molecule has 4 N–H and O–H groups in total. The molecule has 5 nitrogen and oxygen atoms in total. The molecule has 98 valence electrons. The SMILES string of the molecule is Cc1ccc(C(C)Nc2nc3ccc(N)cc3[nH]2)o1. The lowest BCUT2D eigenvalue weighted by molar-refractivity contribution is 0.466. The van der Waals surface area contributed by atoms with E-state index < -0.39 is 0 Å². The van der Waals surface area contributed by atoms with E-state index in [9.17, 15) is 0 Å². The van der Waals surface area contributed by atoms with Crippen molar-refractivity contribution in [2.45, 2.75) is 19.9 Å². The molecule has 3 rings (SSSR count). The highest BCUT2D eigenvalue weighted by Crippen LogP contribution is 2.22. The van der Waals surface area contributed by atoms with Gasteiger partial charge in [0.25, 0.3) is 0 Å². The number of imidazole rings is 1. The van der Waals surface area contributed by atoms with Crippen LogP contribution in [0.4, 0.5) is 11.6 Å². The predicted octanol–water partition coefficient (Wildman–Crippen LogP) is 3.22. The minimum absolute atomic E-state index is 0.0478. The lowest BCUT2D eigenvalue weighted by Gasteiger charge is -2.09. The molecule has 1 aromatic carbocycles. The zero-order valence-electron chi connectivity index (χ0n) is 10.9. The summed E-state index contributed by atoms with van der Waals surface area (Å²) in [6.07, 6.45) is 0. The van der Waals surface area contributed by atoms with Gasteiger partial charge in [-0.2, -0.15) is 0 Å². The monoisotopic (exact) mass is 256 g/mol. The summed E-state index contributed by atoms with van der Waals surface area (Å²) in [6, 6.07) is 9.57. The molecule has 0 radical (unpaired) electrons. The van der Waals surface area contributed by atoms with Crippen LogP contribution in [-0.4, -0.2) is 9.97 Å². The molecule has 1 atom stereocenters. The van der Waals surface area contributed by atoms with Gasteiger partial charge in [0.05, 0.1) is 17.1 Å². The Kier molecular flexibility index (Phi) is 2.67. The number of nitrogens with zero attached hydrogens (tertiary/aromatic N) is 1. The molecule has 3 aromatic rings. The Hall–Kier alpha value is -2.43. The van der Waals surface area contributed by atoms with Crippen molar-refractivity contribution in [3.8, 4) is 0 Å². The maximum Gasteiger partial charge on any atom is 0.201 e. The number of aryl methyl sites for hydroxylation is 1. The topological polar surface area (TPSA) is 79.9 Å². The van der Waals surface area contributed by atoms with Crippen molar-refractivity contribution in [2.24, 2.45) is 0 Å². The zero-order chi connectivity index (χ0) is 13.4. The van der Waals surface area contributed by atoms with Crippen LogP contribution in [0.25, 0.3) is 11.0 Å². The first kappa shape index (κ1) is 11.6. The average Bonchev–Trinajstić information content (AvgIpc) is 2.94. The first-order chi connectivity index (χ1) is 9.11. The quantitative estimate of drug-likeness (QED) is 0.628. The van der Waals surface area contributed by atoms with E-state index in [0.29, 0.717) is 5.95 Å². The van der Waals surface area contributed by atoms with Gasteiger partial charge in [0, 0.05) is 5.69 Å². The van der Waals surface area contributed by atoms with Gasteiger partial charge < -0.3 is 20.5 Å². The van der Waals surface area contributed by atoms with E-state index in [1.807, 2.05) is 44.2 Å². The van der Waals surface area contributed by atoms with E-state index in [4.69, 9.17) is 10.2 Å². The van der Waals surface area contributed by atoms with E-state index in [0.717, 1.165) is 28.2 Å². The first-order valence-corrected chi connectivity index (χ1v) is 6.20. The van der Waals surface area contributed by atoms with Crippen LogP contribution in [0.3, 0.4) is 0 Å². The summed E-state index contributed by atoms with van der Waals surface area (Å²) in [5.41, 5.74) is 8.27. The molecule has 5 heteroatoms. The van der Waals surface area contributed by atoms with Crippen LogP contribution < -0.4 is 11.1 Å². The summed E-state index contributed by atoms with van der Waals surface area (Å²) < 4.78 is 5.59. The molecule has 2 aromatic heterocycles. The minimum Gasteiger partial charge on any atom is -0.464 e. The number of anilines is 2. The third-order valence-electron chi connectivity index (χ3n) is 3.05. The van der Waals surface area contributed by atoms with Crippen LogP contribution in [0.2, 0.25) is 0 Å². The number of furan rings is 1. The molecule has 0 saturated carbocycles. The number of hydrogen-bond donors (Lipinski definition) is 3. The first-order valence-electron chi connectivity index (χ1n) is 6.20. The molecule has 2 heterocycles. The summed E-state index contributed by atoms with van der Waals surface area (Å²) in [5, 5.41) is 3.28. The zero-order valence-corrected chi connectivity index (χ0v) is 10.9. The Bertz CT molecular complexity index is 713. The predicted molar refractivity (Wildman–Crippen MR) is 76.0 cm³/mol. The van der Waals surface area contributed by atoms with E-state index in [2.05, 4.69) is 15.3 Å². The fraction of sp³-hybridized carbons (Fsp3) is 0.214. The molecular formula is C14H16N4O. The molecule has 0 fully saturated rings. The van der Waals surface area contributed by atoms with Crippen molar-refractivity contribution >= 4 is 22.7 Å². The number of hydrogen-bond acceptors (Lipinski definition) is 4. The second-order valence-corrected chi connectivity index (χ2v) is 4.68. The number of rotatable bonds is 3. The fourth-order valence-electron chi connectivity index (χ4n) is 2.06. The van der Waals surface area contributed by atoms with Gasteiger partial charge in [0.15, 0.2) is 0 Å². The van der Waals surface area contributed by atoms with Gasteiger partial charge in [-0.25, -0.2) is 4.98 Å². The third kappa shape index (κ3) is 2.27. The van der Waals surface area contributed by atoms with Gasteiger partial charge in [-0.3, -0.25) is 0 Å². The summed E-state index contributed by atoms with van der Waals surface area (Å²) in [7, 11) is 0. The molecular weight excluding hydrogens is 240 g/mol. The molecule has 0 aliphatic carbocycles. The number of nitrogens with one attached hydrogen (secondary N) is 2. The summed E-state index contributed by atoms with van der Waals surface area (Å²) in [4.78, 5) is 7.66. The normalized spacial score (nSPS) is 12.7. The van der Waals surface area contributed by atoms with Crippen LogP contribution in [0.1, 0.15) is 24.5 Å². The van der Waals surface area contributed by atoms with E-state index >= 15 is 0 Å². The molecule has 0 bridgehead atoms. The van der Waals surface area contributed by atoms with Gasteiger partial charge in [-0.05, 0) is 44.2 Å². The second-order valence-electron chi connectivity index (χ2n) is 4.68. The second kappa shape index (κ2) is 4.35. The number of aromatic nitrogens is 2. The maximum atomic E-state index is 5.75. The van der Waals surface area contributed by atoms with Gasteiger partial charge in [-0.1, -0.05) is 0 Å². The number of nitrogen functional groups attached to an aromatic ring is 1. The summed E-state index contributed by atoms with van der Waals surface area (Å²) >= 11 is 0. The number of aromatic amines is 1. The highest BCUT2D eigenvalue weighted by Gasteiger charge is 2.11. The standard InChI is InChI=1S/C14H16N4O/c1-8-3-6-13(19-8)9(2)16-14-17-11-5-4-10(15)7-12(11)18-14/h3-7,9H,15H2,1-2H3,(H2,16,17,18). The largest absolute Gasteiger partial charge is 0.464 e. The number of nitrogens with two attached hydrogens (primary N) is 1. The van der Waals surface area contributed by atoms with Crippen LogP contribution in [0.5, 0.6) is 0 Å². The molecule has 0 aliphatic heterocycles. The molecule has 0 aliphatic rings. The van der Waals surface area contributed by atoms with Crippen LogP contribution in [-0.2, 0) is 0 Å². The van der Waals surface area contributed by atoms with Crippen LogP contribution in [0.15, 0.2) is 34.7 Å². The van der Waals surface area contributed by atoms with Crippen LogP contribution >= 0.6 is 0 Å². The molecule has 0 amide bonds. The lowest BCUT2D eigenvalue weighted by atomic mass is 10.2. The van der Waals surface area contributed by atoms with Crippen molar-refractivity contribution < 1.29 is 4.42 Å². The number of benzene rings is 1. The summed E-state index contributed by atoms with van der Waals surface area (Å²) in [6.45, 7) is 3.96. The number of fused-ring (bicyclic) bond motifs is 1. The van der Waals surface area contributed by atoms with E-state index in [1.165, 1.54) is 0 Å². The van der Waals surface area contributed by atoms with E-state index in [-0.39, 0.29) is 6.04 Å². The van der Waals surface area contributed by atoms with Crippen LogP contribution in [0, 0.1) is 6.92 Å². The van der Waals surface area contributed by atoms with Crippen molar-refractivity contribution in [3.05, 3.63) is 41.9 Å². The van der Waals surface area contributed by atoms with Gasteiger partial charge in [-0.15, -0.1) is 0 Å². The average molecular weight is 256 g/mol. The van der Waals surface area contributed by atoms with Gasteiger partial charge in [0.2, 0.25) is 5.95 Å². The molecule has 19 heavy (non-hydrogen) atoms. The van der Waals surface area contributed by atoms with Crippen molar-refractivity contribution in [3.63, 3.8) is 0 Å². The Morgan fingerprint density at radius 1 is 1.32 bits per heavy atom. The Morgan fingerprint density at radius 2 is 2.16 bits per heavy atom. The summed E-state index contributed by atoms with van der Waals surface area (Å²) in [5.74, 6) is 2.50. The van der Waals surface area contributed by atoms with Crippen molar-refractivity contribution in [1.82, 2.24) is 9.97 Å². The smallest absolute Gasteiger partial charge is 0.201 e. The molecule has 1 unspecified atom stereocenters. The Labute approximate surface area is 110 Å². The van der Waals surface area contributed by atoms with Crippen molar-refractivity contribution in [2.75, 3.05) is 11.1 Å². The minimum atomic E-state index is 0.0478. The fourth-order valence-corrected chi connectivity index (χ4v) is 2.06.